The Hall–Kier alpha value is -3.36. The molecule has 3 saturated carbocycles. The van der Waals surface area contributed by atoms with Crippen LogP contribution < -0.4 is 5.73 Å². The van der Waals surface area contributed by atoms with Gasteiger partial charge in [0, 0.05) is 60.2 Å². The maximum absolute atomic E-state index is 16.2. The first kappa shape index (κ1) is 39.6. The number of nitrogens with zero attached hydrogens (tertiary/aromatic N) is 2. The second-order valence-electron chi connectivity index (χ2n) is 25.1. The van der Waals surface area contributed by atoms with E-state index >= 15 is 4.79 Å². The first-order valence-electron chi connectivity index (χ1n) is 27.0. The molecule has 7 heterocycles. The molecule has 14 aliphatic rings. The van der Waals surface area contributed by atoms with Crippen LogP contribution in [-0.2, 0) is 26.3 Å². The lowest BCUT2D eigenvalue weighted by molar-refractivity contribution is -0.281. The Morgan fingerprint density at radius 2 is 1.77 bits per heavy atom. The molecular weight excluding hydrogens is 807 g/mol. The molecule has 65 heavy (non-hydrogen) atoms. The molecule has 16 atom stereocenters. The Balaban J connectivity index is 1.03. The van der Waals surface area contributed by atoms with Crippen LogP contribution in [0.3, 0.4) is 0 Å². The van der Waals surface area contributed by atoms with E-state index in [2.05, 4.69) is 54.0 Å². The van der Waals surface area contributed by atoms with Crippen LogP contribution in [0.5, 0.6) is 0 Å². The number of carbonyl (C=O) groups is 2. The first-order valence-corrected chi connectivity index (χ1v) is 27.0. The van der Waals surface area contributed by atoms with Gasteiger partial charge in [0.05, 0.1) is 11.0 Å². The van der Waals surface area contributed by atoms with E-state index in [-0.39, 0.29) is 41.7 Å². The van der Waals surface area contributed by atoms with Gasteiger partial charge in [-0.1, -0.05) is 68.2 Å². The van der Waals surface area contributed by atoms with Gasteiger partial charge in [-0.25, -0.2) is 4.79 Å². The van der Waals surface area contributed by atoms with Gasteiger partial charge < -0.3 is 25.2 Å². The van der Waals surface area contributed by atoms with Crippen LogP contribution in [0.2, 0.25) is 0 Å². The zero-order valence-corrected chi connectivity index (χ0v) is 39.0. The molecule has 3 N–H and O–H groups in total. The average Bonchev–Trinajstić information content (AvgIpc) is 4.08. The minimum absolute atomic E-state index is 0.104. The normalized spacial score (nSPS) is 49.3. The van der Waals surface area contributed by atoms with Crippen molar-refractivity contribution in [3.63, 3.8) is 0 Å². The van der Waals surface area contributed by atoms with Gasteiger partial charge >= 0.3 is 11.9 Å². The van der Waals surface area contributed by atoms with Gasteiger partial charge in [0.25, 0.3) is 0 Å². The zero-order chi connectivity index (χ0) is 43.5. The number of hydrogen-bond donors (Lipinski definition) is 2. The number of esters is 2. The highest BCUT2D eigenvalue weighted by Crippen LogP contribution is 2.88. The molecule has 1 aromatic carbocycles. The highest BCUT2D eigenvalue weighted by atomic mass is 16.6. The van der Waals surface area contributed by atoms with Crippen molar-refractivity contribution in [3.8, 4) is 0 Å². The number of piperidine rings is 3. The summed E-state index contributed by atoms with van der Waals surface area (Å²) in [6.45, 7) is 7.69. The second kappa shape index (κ2) is 13.2. The number of carbonyl (C=O) groups excluding carboxylic acids is 2. The molecule has 7 aliphatic heterocycles. The largest absolute Gasteiger partial charge is 0.508 e. The number of aryl methyl sites for hydroxylation is 1. The molecular formula is C57H71N3O5. The number of nitrogens with two attached hydrogens (primary N) is 1. The molecule has 0 amide bonds. The summed E-state index contributed by atoms with van der Waals surface area (Å²) in [6.07, 6.45) is 25.9. The second-order valence-corrected chi connectivity index (χ2v) is 25.1. The van der Waals surface area contributed by atoms with E-state index in [1.54, 1.807) is 11.3 Å². The predicted octanol–water partition coefficient (Wildman–Crippen LogP) is 10.0. The number of benzene rings is 1. The summed E-state index contributed by atoms with van der Waals surface area (Å²) in [5, 5.41) is 13.9. The maximum Gasteiger partial charge on any atom is 0.339 e. The summed E-state index contributed by atoms with van der Waals surface area (Å²) in [5.74, 6) is 3.43. The number of aliphatic hydroxyl groups is 1. The fraction of sp³-hybridized carbons (Fsp3) is 0.719. The van der Waals surface area contributed by atoms with Crippen LogP contribution in [0, 0.1) is 75.4 Å². The minimum Gasteiger partial charge on any atom is -0.508 e. The van der Waals surface area contributed by atoms with Crippen molar-refractivity contribution in [1.82, 2.24) is 9.80 Å². The maximum atomic E-state index is 16.2. The lowest BCUT2D eigenvalue weighted by atomic mass is 9.27. The summed E-state index contributed by atoms with van der Waals surface area (Å²) >= 11 is 0. The molecule has 1 aromatic rings. The quantitative estimate of drug-likeness (QED) is 0.228. The number of fused-ring (bicyclic) bond motifs is 8. The van der Waals surface area contributed by atoms with E-state index in [1.807, 2.05) is 0 Å². The molecule has 344 valence electrons. The smallest absolute Gasteiger partial charge is 0.339 e. The monoisotopic (exact) mass is 878 g/mol. The van der Waals surface area contributed by atoms with Crippen molar-refractivity contribution >= 4 is 11.9 Å². The summed E-state index contributed by atoms with van der Waals surface area (Å²) < 4.78 is 14.5. The fourth-order valence-corrected chi connectivity index (χ4v) is 21.0. The Morgan fingerprint density at radius 1 is 0.908 bits per heavy atom. The molecule has 0 radical (unpaired) electrons. The Bertz CT molecular complexity index is 2460. The van der Waals surface area contributed by atoms with Crippen LogP contribution in [0.4, 0.5) is 0 Å². The van der Waals surface area contributed by atoms with E-state index in [0.29, 0.717) is 95.9 Å². The van der Waals surface area contributed by atoms with Crippen molar-refractivity contribution in [3.05, 3.63) is 81.0 Å². The van der Waals surface area contributed by atoms with Crippen LogP contribution in [0.15, 0.2) is 64.3 Å². The topological polar surface area (TPSA) is 105 Å². The van der Waals surface area contributed by atoms with E-state index in [1.165, 1.54) is 88.3 Å². The average molecular weight is 878 g/mol. The van der Waals surface area contributed by atoms with Crippen LogP contribution in [0.1, 0.15) is 151 Å². The van der Waals surface area contributed by atoms with Gasteiger partial charge in [-0.15, -0.1) is 0 Å². The molecule has 4 saturated heterocycles. The van der Waals surface area contributed by atoms with Crippen molar-refractivity contribution in [2.75, 3.05) is 19.6 Å². The van der Waals surface area contributed by atoms with Crippen LogP contribution in [-0.4, -0.2) is 64.6 Å². The van der Waals surface area contributed by atoms with Crippen molar-refractivity contribution in [2.24, 2.45) is 81.2 Å². The summed E-state index contributed by atoms with van der Waals surface area (Å²) in [5.41, 5.74) is 12.2. The summed E-state index contributed by atoms with van der Waals surface area (Å²) in [6, 6.07) is 7.66. The third kappa shape index (κ3) is 4.53. The van der Waals surface area contributed by atoms with Crippen LogP contribution >= 0.6 is 0 Å². The van der Waals surface area contributed by atoms with Crippen molar-refractivity contribution in [2.45, 2.75) is 160 Å². The van der Waals surface area contributed by atoms with Gasteiger partial charge in [0.2, 0.25) is 0 Å². The van der Waals surface area contributed by atoms with Gasteiger partial charge in [-0.3, -0.25) is 9.69 Å². The molecule has 0 unspecified atom stereocenters. The van der Waals surface area contributed by atoms with Crippen molar-refractivity contribution < 1.29 is 24.2 Å². The number of hydrogen-bond acceptors (Lipinski definition) is 8. The molecule has 0 aromatic heterocycles. The Morgan fingerprint density at radius 3 is 2.63 bits per heavy atom. The van der Waals surface area contributed by atoms with E-state index < -0.39 is 16.4 Å². The summed E-state index contributed by atoms with van der Waals surface area (Å²) in [4.78, 5) is 37.3. The Kier molecular flexibility index (Phi) is 8.07. The number of aliphatic hydroxyl groups excluding tert-OH is 1. The lowest BCUT2D eigenvalue weighted by Crippen LogP contribution is -2.78. The van der Waals surface area contributed by atoms with Gasteiger partial charge in [-0.05, 0) is 174 Å². The van der Waals surface area contributed by atoms with Crippen molar-refractivity contribution in [1.29, 1.82) is 0 Å². The van der Waals surface area contributed by atoms with E-state index in [4.69, 9.17) is 15.2 Å². The minimum atomic E-state index is -1.13. The SMILES string of the molecule is C[C@@H]1/C=C\[C@@H]2C[C@@H]3[C@@H]4C5=C2[C@]26C(=O)O/C(=C(/O)[C@@H]7CC[C@@H]8[C@H]9C[C@@H](CN8[C@@H]7[C@@H]7CCC8(CCCC8)C7)[C@H]7CCC(=C4N7C9)C[C@@H]3C)[C@@]2(CC5)[C@]2(OC(=O)c3c(CCCN)cccc32)[C@H]6C1. The molecule has 8 nitrogen and oxygen atoms in total. The zero-order valence-electron chi connectivity index (χ0n) is 39.0. The lowest BCUT2D eigenvalue weighted by Gasteiger charge is -2.73. The van der Waals surface area contributed by atoms with Gasteiger partial charge in [0.15, 0.2) is 11.4 Å². The predicted molar refractivity (Wildman–Crippen MR) is 247 cm³/mol. The number of ether oxygens (including phenoxy) is 2. The number of rotatable bonds is 4. The first-order chi connectivity index (χ1) is 31.6. The highest BCUT2D eigenvalue weighted by molar-refractivity contribution is 6.00. The molecule has 7 fully saturated rings. The van der Waals surface area contributed by atoms with E-state index in [0.717, 1.165) is 49.8 Å². The number of allylic oxidation sites excluding steroid dienone is 4. The van der Waals surface area contributed by atoms with Crippen LogP contribution in [0.25, 0.3) is 0 Å². The summed E-state index contributed by atoms with van der Waals surface area (Å²) in [7, 11) is 0. The molecule has 15 rings (SSSR count). The molecule has 7 bridgehead atoms. The fourth-order valence-electron chi connectivity index (χ4n) is 21.0. The highest BCUT2D eigenvalue weighted by Gasteiger charge is 2.94. The van der Waals surface area contributed by atoms with Gasteiger partial charge in [-0.2, -0.15) is 0 Å². The molecule has 7 aliphatic carbocycles. The third-order valence-electron chi connectivity index (χ3n) is 22.8. The molecule has 4 spiro atoms. The van der Waals surface area contributed by atoms with E-state index in [9.17, 15) is 9.90 Å². The third-order valence-corrected chi connectivity index (χ3v) is 22.8. The Labute approximate surface area is 385 Å². The molecule has 8 heteroatoms. The standard InChI is InChI=1S/C57H71N3O5/c1-30-10-11-33-26-40-31(2)24-34-12-14-42-36-25-37-29-60(42)49(34)46(40)38-17-21-55-51(50(61)39-13-15-43(37)59(28-36)48(39)35-16-20-54(27-35)18-3-4-19-54)64-53(63)56(55,47(33)38)44(23-30)57(55)41-9-5-7-32(8-6-22-58)45(41)52(62)65-57/h5,7,9-11,30-31,33,35-37,39-40,42-44,46,48,61H,3-4,6,8,12-29,58H2,1-2H3/b11-10-,51-50+/t30-,31+,33-,35-,36+,37+,39-,40+,42-,43-,44+,46+,48-,55-,56-,57-/m1/s1. The van der Waals surface area contributed by atoms with Gasteiger partial charge in [0.1, 0.15) is 11.2 Å².